The van der Waals surface area contributed by atoms with E-state index in [0.717, 1.165) is 10.7 Å². The summed E-state index contributed by atoms with van der Waals surface area (Å²) >= 11 is 5.24. The van der Waals surface area contributed by atoms with Gasteiger partial charge in [-0.2, -0.15) is 0 Å². The van der Waals surface area contributed by atoms with Crippen molar-refractivity contribution in [3.05, 3.63) is 30.1 Å². The molecule has 0 fully saturated rings. The number of rotatable bonds is 3. The molecule has 0 N–H and O–H groups in total. The molecular formula is C10H14N2OS. The number of likely N-dealkylation sites (N-methyl/N-ethyl adjacent to an activating group) is 1. The van der Waals surface area contributed by atoms with E-state index in [4.69, 9.17) is 17.0 Å². The van der Waals surface area contributed by atoms with Crippen LogP contribution in [0.1, 0.15) is 11.8 Å². The van der Waals surface area contributed by atoms with Gasteiger partial charge in [0.2, 0.25) is 0 Å². The molecule has 14 heavy (non-hydrogen) atoms. The molecule has 0 spiro atoms. The molecule has 0 radical (unpaired) electrons. The average molecular weight is 210 g/mol. The summed E-state index contributed by atoms with van der Waals surface area (Å²) in [6.07, 6.45) is 1.50. The maximum Gasteiger partial charge on any atom is 0.149 e. The number of hydrogen-bond acceptors (Lipinski definition) is 3. The zero-order valence-electron chi connectivity index (χ0n) is 8.60. The quantitative estimate of drug-likeness (QED) is 0.708. The topological polar surface area (TPSA) is 25.4 Å². The van der Waals surface area contributed by atoms with E-state index >= 15 is 0 Å². The standard InChI is InChI=1S/C10H14N2OS/c1-12(2)10(14)9(13-3)8-6-4-5-7-11-8/h4-7,9H,1-3H3. The van der Waals surface area contributed by atoms with Crippen LogP contribution in [0.2, 0.25) is 0 Å². The minimum absolute atomic E-state index is 0.235. The molecule has 0 amide bonds. The first-order chi connectivity index (χ1) is 6.66. The van der Waals surface area contributed by atoms with E-state index < -0.39 is 0 Å². The molecule has 1 aromatic rings. The van der Waals surface area contributed by atoms with Crippen LogP contribution in [0, 0.1) is 0 Å². The Morgan fingerprint density at radius 1 is 1.50 bits per heavy atom. The molecule has 4 heteroatoms. The summed E-state index contributed by atoms with van der Waals surface area (Å²) in [6.45, 7) is 0. The van der Waals surface area contributed by atoms with Gasteiger partial charge >= 0.3 is 0 Å². The monoisotopic (exact) mass is 210 g/mol. The smallest absolute Gasteiger partial charge is 0.149 e. The third-order valence-electron chi connectivity index (χ3n) is 1.86. The lowest BCUT2D eigenvalue weighted by atomic mass is 10.2. The largest absolute Gasteiger partial charge is 0.370 e. The Morgan fingerprint density at radius 3 is 2.64 bits per heavy atom. The fourth-order valence-corrected chi connectivity index (χ4v) is 1.33. The highest BCUT2D eigenvalue weighted by molar-refractivity contribution is 7.80. The molecule has 0 aliphatic rings. The van der Waals surface area contributed by atoms with Crippen LogP contribution in [0.15, 0.2) is 24.4 Å². The van der Waals surface area contributed by atoms with Gasteiger partial charge in [0.05, 0.1) is 5.69 Å². The molecular weight excluding hydrogens is 196 g/mol. The van der Waals surface area contributed by atoms with Gasteiger partial charge < -0.3 is 9.64 Å². The second kappa shape index (κ2) is 5.02. The summed E-state index contributed by atoms with van der Waals surface area (Å²) in [5.41, 5.74) is 0.841. The highest BCUT2D eigenvalue weighted by Crippen LogP contribution is 2.16. The SMILES string of the molecule is COC(C(=S)N(C)C)c1ccccn1. The van der Waals surface area contributed by atoms with E-state index in [1.807, 2.05) is 37.2 Å². The van der Waals surface area contributed by atoms with Crippen molar-refractivity contribution in [2.45, 2.75) is 6.10 Å². The highest BCUT2D eigenvalue weighted by Gasteiger charge is 2.18. The average Bonchev–Trinajstić information content (AvgIpc) is 2.20. The van der Waals surface area contributed by atoms with Gasteiger partial charge in [0.25, 0.3) is 0 Å². The molecule has 3 nitrogen and oxygen atoms in total. The second-order valence-electron chi connectivity index (χ2n) is 3.10. The molecule has 1 rings (SSSR count). The van der Waals surface area contributed by atoms with Gasteiger partial charge in [-0.05, 0) is 12.1 Å². The molecule has 1 aromatic heterocycles. The number of aromatic nitrogens is 1. The van der Waals surface area contributed by atoms with Crippen molar-refractivity contribution in [1.82, 2.24) is 9.88 Å². The van der Waals surface area contributed by atoms with Gasteiger partial charge in [0.15, 0.2) is 0 Å². The Labute approximate surface area is 89.7 Å². The maximum atomic E-state index is 5.31. The van der Waals surface area contributed by atoms with Crippen molar-refractivity contribution >= 4 is 17.2 Å². The summed E-state index contributed by atoms with van der Waals surface area (Å²) < 4.78 is 5.31. The van der Waals surface area contributed by atoms with Crippen molar-refractivity contribution in [2.24, 2.45) is 0 Å². The Morgan fingerprint density at radius 2 is 2.21 bits per heavy atom. The van der Waals surface area contributed by atoms with Crippen LogP contribution >= 0.6 is 12.2 Å². The minimum atomic E-state index is -0.235. The van der Waals surface area contributed by atoms with E-state index in [1.54, 1.807) is 13.3 Å². The number of ether oxygens (including phenoxy) is 1. The fourth-order valence-electron chi connectivity index (χ4n) is 1.11. The van der Waals surface area contributed by atoms with Crippen LogP contribution in [0.4, 0.5) is 0 Å². The number of methoxy groups -OCH3 is 1. The third kappa shape index (κ3) is 2.49. The highest BCUT2D eigenvalue weighted by atomic mass is 32.1. The van der Waals surface area contributed by atoms with Crippen LogP contribution < -0.4 is 0 Å². The summed E-state index contributed by atoms with van der Waals surface area (Å²) in [4.78, 5) is 6.80. The van der Waals surface area contributed by atoms with E-state index in [1.165, 1.54) is 0 Å². The number of pyridine rings is 1. The number of nitrogens with zero attached hydrogens (tertiary/aromatic N) is 2. The van der Waals surface area contributed by atoms with E-state index in [0.29, 0.717) is 0 Å². The van der Waals surface area contributed by atoms with E-state index in [-0.39, 0.29) is 6.10 Å². The van der Waals surface area contributed by atoms with Crippen molar-refractivity contribution in [3.63, 3.8) is 0 Å². The first-order valence-electron chi connectivity index (χ1n) is 4.31. The predicted octanol–water partition coefficient (Wildman–Crippen LogP) is 1.66. The second-order valence-corrected chi connectivity index (χ2v) is 3.52. The Bertz CT molecular complexity index is 300. The Balaban J connectivity index is 2.88. The molecule has 0 saturated heterocycles. The first kappa shape index (κ1) is 11.1. The third-order valence-corrected chi connectivity index (χ3v) is 2.44. The molecule has 76 valence electrons. The van der Waals surface area contributed by atoms with Crippen LogP contribution in [-0.4, -0.2) is 36.1 Å². The van der Waals surface area contributed by atoms with Crippen molar-refractivity contribution < 1.29 is 4.74 Å². The minimum Gasteiger partial charge on any atom is -0.370 e. The van der Waals surface area contributed by atoms with Crippen molar-refractivity contribution in [3.8, 4) is 0 Å². The molecule has 1 heterocycles. The summed E-state index contributed by atoms with van der Waals surface area (Å²) in [6, 6.07) is 5.70. The van der Waals surface area contributed by atoms with Gasteiger partial charge in [-0.25, -0.2) is 0 Å². The molecule has 1 atom stereocenters. The number of hydrogen-bond donors (Lipinski definition) is 0. The normalized spacial score (nSPS) is 12.2. The van der Waals surface area contributed by atoms with Crippen LogP contribution in [0.3, 0.4) is 0 Å². The van der Waals surface area contributed by atoms with Gasteiger partial charge in [-0.3, -0.25) is 4.98 Å². The summed E-state index contributed by atoms with van der Waals surface area (Å²) in [5, 5.41) is 0. The van der Waals surface area contributed by atoms with E-state index in [2.05, 4.69) is 4.98 Å². The zero-order valence-corrected chi connectivity index (χ0v) is 9.41. The molecule has 0 bridgehead atoms. The number of thiocarbonyl (C=S) groups is 1. The Hall–Kier alpha value is -1.00. The van der Waals surface area contributed by atoms with Gasteiger partial charge in [-0.1, -0.05) is 18.3 Å². The molecule has 1 unspecified atom stereocenters. The molecule has 0 aromatic carbocycles. The van der Waals surface area contributed by atoms with Crippen molar-refractivity contribution in [1.29, 1.82) is 0 Å². The molecule has 0 aliphatic carbocycles. The van der Waals surface area contributed by atoms with Crippen LogP contribution in [0.5, 0.6) is 0 Å². The van der Waals surface area contributed by atoms with Crippen molar-refractivity contribution in [2.75, 3.05) is 21.2 Å². The van der Waals surface area contributed by atoms with Gasteiger partial charge in [0.1, 0.15) is 11.1 Å². The zero-order chi connectivity index (χ0) is 10.6. The van der Waals surface area contributed by atoms with Crippen LogP contribution in [0.25, 0.3) is 0 Å². The lowest BCUT2D eigenvalue weighted by Crippen LogP contribution is -2.28. The molecule has 0 aliphatic heterocycles. The fraction of sp³-hybridized carbons (Fsp3) is 0.400. The van der Waals surface area contributed by atoms with Gasteiger partial charge in [-0.15, -0.1) is 0 Å². The predicted molar refractivity (Wildman–Crippen MR) is 60.3 cm³/mol. The lowest BCUT2D eigenvalue weighted by molar-refractivity contribution is 0.148. The van der Waals surface area contributed by atoms with E-state index in [9.17, 15) is 0 Å². The van der Waals surface area contributed by atoms with Gasteiger partial charge in [0, 0.05) is 27.4 Å². The summed E-state index contributed by atoms with van der Waals surface area (Å²) in [7, 11) is 5.43. The Kier molecular flexibility index (Phi) is 3.98. The first-order valence-corrected chi connectivity index (χ1v) is 4.72. The summed E-state index contributed by atoms with van der Waals surface area (Å²) in [5.74, 6) is 0. The maximum absolute atomic E-state index is 5.31. The van der Waals surface area contributed by atoms with Crippen LogP contribution in [-0.2, 0) is 4.74 Å². The lowest BCUT2D eigenvalue weighted by Gasteiger charge is -2.21. The molecule has 0 saturated carbocycles.